The highest BCUT2D eigenvalue weighted by atomic mass is 32.2. The van der Waals surface area contributed by atoms with Gasteiger partial charge >= 0.3 is 0 Å². The van der Waals surface area contributed by atoms with Crippen LogP contribution in [0.5, 0.6) is 5.75 Å². The fourth-order valence-corrected chi connectivity index (χ4v) is 6.44. The molecule has 9 heteroatoms. The van der Waals surface area contributed by atoms with Crippen LogP contribution in [0.2, 0.25) is 0 Å². The Hall–Kier alpha value is -3.09. The average molecular weight is 522 g/mol. The Morgan fingerprint density at radius 3 is 2.89 bits per heavy atom. The van der Waals surface area contributed by atoms with Gasteiger partial charge in [-0.3, -0.25) is 9.36 Å². The van der Waals surface area contributed by atoms with E-state index in [1.165, 1.54) is 28.6 Å². The first-order valence-electron chi connectivity index (χ1n) is 12.2. The summed E-state index contributed by atoms with van der Waals surface area (Å²) in [5.41, 5.74) is 3.99. The molecule has 0 saturated heterocycles. The van der Waals surface area contributed by atoms with E-state index in [0.29, 0.717) is 28.1 Å². The van der Waals surface area contributed by atoms with Crippen molar-refractivity contribution in [2.45, 2.75) is 70.7 Å². The first kappa shape index (κ1) is 26.0. The number of carbonyl (C=O) groups is 1. The molecule has 0 aliphatic heterocycles. The molecular weight excluding hydrogens is 490 g/mol. The maximum absolute atomic E-state index is 12.8. The molecule has 4 rings (SSSR count). The van der Waals surface area contributed by atoms with Crippen LogP contribution in [-0.2, 0) is 24.2 Å². The lowest BCUT2D eigenvalue weighted by Gasteiger charge is -2.17. The number of aryl methyl sites for hydroxylation is 3. The molecule has 1 aromatic carbocycles. The topological polar surface area (TPSA) is 92.8 Å². The Bertz CT molecular complexity index is 1300. The molecular formula is C27H31N5O2S2. The number of nitrogens with one attached hydrogen (secondary N) is 1. The van der Waals surface area contributed by atoms with Gasteiger partial charge in [0, 0.05) is 11.4 Å². The van der Waals surface area contributed by atoms with Crippen molar-refractivity contribution in [1.82, 2.24) is 14.8 Å². The second kappa shape index (κ2) is 11.8. The minimum absolute atomic E-state index is 0.162. The second-order valence-electron chi connectivity index (χ2n) is 8.99. The highest BCUT2D eigenvalue weighted by Crippen LogP contribution is 2.37. The largest absolute Gasteiger partial charge is 0.482 e. The number of anilines is 1. The predicted octanol–water partition coefficient (Wildman–Crippen LogP) is 6.15. The summed E-state index contributed by atoms with van der Waals surface area (Å²) in [4.78, 5) is 14.0. The fraction of sp³-hybridized carbons (Fsp3) is 0.407. The van der Waals surface area contributed by atoms with Crippen molar-refractivity contribution in [3.05, 3.63) is 63.8 Å². The summed E-state index contributed by atoms with van der Waals surface area (Å²) >= 11 is 2.86. The summed E-state index contributed by atoms with van der Waals surface area (Å²) in [5, 5.41) is 22.7. The molecule has 1 aliphatic carbocycles. The van der Waals surface area contributed by atoms with E-state index in [9.17, 15) is 10.1 Å². The number of fused-ring (bicyclic) bond motifs is 1. The number of hydrogen-bond acceptors (Lipinski definition) is 7. The van der Waals surface area contributed by atoms with E-state index in [-0.39, 0.29) is 17.8 Å². The number of thiophene rings is 1. The summed E-state index contributed by atoms with van der Waals surface area (Å²) in [6, 6.07) is 8.39. The molecule has 1 unspecified atom stereocenters. The van der Waals surface area contributed by atoms with Gasteiger partial charge in [0.05, 0.1) is 11.3 Å². The molecule has 0 spiro atoms. The number of carbonyl (C=O) groups excluding carboxylic acids is 1. The number of nitrogens with zero attached hydrogens (tertiary/aromatic N) is 4. The first-order chi connectivity index (χ1) is 17.4. The summed E-state index contributed by atoms with van der Waals surface area (Å²) < 4.78 is 8.11. The zero-order valence-electron chi connectivity index (χ0n) is 21.0. The van der Waals surface area contributed by atoms with Gasteiger partial charge in [-0.15, -0.1) is 28.1 Å². The van der Waals surface area contributed by atoms with Crippen molar-refractivity contribution in [1.29, 1.82) is 5.26 Å². The Balaban J connectivity index is 1.44. The van der Waals surface area contributed by atoms with Gasteiger partial charge < -0.3 is 10.1 Å². The Morgan fingerprint density at radius 2 is 2.14 bits per heavy atom. The van der Waals surface area contributed by atoms with Crippen LogP contribution < -0.4 is 10.1 Å². The van der Waals surface area contributed by atoms with Crippen LogP contribution in [0.4, 0.5) is 5.00 Å². The molecule has 2 aromatic heterocycles. The van der Waals surface area contributed by atoms with Gasteiger partial charge in [-0.2, -0.15) is 5.26 Å². The molecule has 7 nitrogen and oxygen atoms in total. The second-order valence-corrected chi connectivity index (χ2v) is 11.0. The van der Waals surface area contributed by atoms with E-state index in [1.807, 2.05) is 30.5 Å². The number of ether oxygens (including phenoxy) is 1. The van der Waals surface area contributed by atoms with Gasteiger partial charge in [0.1, 0.15) is 16.8 Å². The molecule has 1 amide bonds. The summed E-state index contributed by atoms with van der Waals surface area (Å²) in [5.74, 6) is 1.47. The van der Waals surface area contributed by atoms with Crippen LogP contribution in [-0.4, -0.2) is 26.4 Å². The molecule has 1 atom stereocenters. The maximum Gasteiger partial charge on any atom is 0.235 e. The van der Waals surface area contributed by atoms with E-state index in [4.69, 9.17) is 4.74 Å². The van der Waals surface area contributed by atoms with E-state index in [1.54, 1.807) is 17.4 Å². The number of aromatic nitrogens is 3. The standard InChI is InChI=1S/C27H31N5O2S2/c1-5-13-32-25(19(4)34-22-12-11-17(2)14-18(22)3)30-31-27(32)35-16-24(33)29-26-21(15-28)20-9-7-6-8-10-23(20)36-26/h5,11-12,14,19H,1,6-10,13,16H2,2-4H3,(H,29,33). The third kappa shape index (κ3) is 5.82. The van der Waals surface area contributed by atoms with Gasteiger partial charge in [0.25, 0.3) is 0 Å². The molecule has 2 heterocycles. The molecule has 188 valence electrons. The van der Waals surface area contributed by atoms with Gasteiger partial charge in [0.15, 0.2) is 17.1 Å². The van der Waals surface area contributed by atoms with Crippen molar-refractivity contribution in [3.63, 3.8) is 0 Å². The van der Waals surface area contributed by atoms with Crippen LogP contribution in [0.15, 0.2) is 36.0 Å². The lowest BCUT2D eigenvalue weighted by Crippen LogP contribution is -2.15. The van der Waals surface area contributed by atoms with Gasteiger partial charge in [-0.1, -0.05) is 42.0 Å². The van der Waals surface area contributed by atoms with Gasteiger partial charge in [-0.25, -0.2) is 0 Å². The average Bonchev–Trinajstić information content (AvgIpc) is 3.31. The summed E-state index contributed by atoms with van der Waals surface area (Å²) in [6.45, 7) is 10.4. The van der Waals surface area contributed by atoms with E-state index in [0.717, 1.165) is 42.6 Å². The number of benzene rings is 1. The number of rotatable bonds is 9. The molecule has 1 N–H and O–H groups in total. The number of allylic oxidation sites excluding steroid dienone is 1. The number of amides is 1. The van der Waals surface area contributed by atoms with E-state index >= 15 is 0 Å². The van der Waals surface area contributed by atoms with Gasteiger partial charge in [0.2, 0.25) is 5.91 Å². The molecule has 0 saturated carbocycles. The highest BCUT2D eigenvalue weighted by molar-refractivity contribution is 7.99. The van der Waals surface area contributed by atoms with Gasteiger partial charge in [-0.05, 0) is 63.6 Å². The first-order valence-corrected chi connectivity index (χ1v) is 14.0. The van der Waals surface area contributed by atoms with Crippen molar-refractivity contribution < 1.29 is 9.53 Å². The maximum atomic E-state index is 12.8. The third-order valence-electron chi connectivity index (χ3n) is 6.17. The molecule has 1 aliphatic rings. The molecule has 0 bridgehead atoms. The lowest BCUT2D eigenvalue weighted by molar-refractivity contribution is -0.113. The number of thioether (sulfide) groups is 1. The fourth-order valence-electron chi connectivity index (χ4n) is 4.42. The third-order valence-corrected chi connectivity index (χ3v) is 8.35. The van der Waals surface area contributed by atoms with Crippen LogP contribution in [0.3, 0.4) is 0 Å². The smallest absolute Gasteiger partial charge is 0.235 e. The quantitative estimate of drug-likeness (QED) is 0.206. The van der Waals surface area contributed by atoms with Crippen molar-refractivity contribution in [2.24, 2.45) is 0 Å². The Labute approximate surface area is 220 Å². The molecule has 3 aromatic rings. The Morgan fingerprint density at radius 1 is 1.33 bits per heavy atom. The van der Waals surface area contributed by atoms with Crippen LogP contribution in [0.25, 0.3) is 0 Å². The molecule has 0 fully saturated rings. The van der Waals surface area contributed by atoms with Crippen molar-refractivity contribution in [2.75, 3.05) is 11.1 Å². The minimum Gasteiger partial charge on any atom is -0.482 e. The summed E-state index contributed by atoms with van der Waals surface area (Å²) in [6.07, 6.45) is 6.75. The van der Waals surface area contributed by atoms with Crippen molar-refractivity contribution in [3.8, 4) is 11.8 Å². The minimum atomic E-state index is -0.332. The monoisotopic (exact) mass is 521 g/mol. The zero-order chi connectivity index (χ0) is 25.7. The highest BCUT2D eigenvalue weighted by Gasteiger charge is 2.23. The van der Waals surface area contributed by atoms with E-state index < -0.39 is 0 Å². The van der Waals surface area contributed by atoms with Crippen LogP contribution >= 0.6 is 23.1 Å². The zero-order valence-corrected chi connectivity index (χ0v) is 22.6. The van der Waals surface area contributed by atoms with Crippen molar-refractivity contribution >= 4 is 34.0 Å². The molecule has 0 radical (unpaired) electrons. The van der Waals surface area contributed by atoms with E-state index in [2.05, 4.69) is 41.2 Å². The van der Waals surface area contributed by atoms with Crippen LogP contribution in [0.1, 0.15) is 65.2 Å². The number of hydrogen-bond donors (Lipinski definition) is 1. The Kier molecular flexibility index (Phi) is 8.49. The summed E-state index contributed by atoms with van der Waals surface area (Å²) in [7, 11) is 0. The molecule has 36 heavy (non-hydrogen) atoms. The lowest BCUT2D eigenvalue weighted by atomic mass is 10.1. The number of nitriles is 1. The predicted molar refractivity (Wildman–Crippen MR) is 145 cm³/mol. The van der Waals surface area contributed by atoms with Crippen LogP contribution in [0, 0.1) is 25.2 Å². The normalized spacial score (nSPS) is 13.8. The SMILES string of the molecule is C=CCn1c(SCC(=O)Nc2sc3c(c2C#N)CCCCC3)nnc1C(C)Oc1ccc(C)cc1C.